The Labute approximate surface area is 112 Å². The minimum atomic E-state index is 0.417. The van der Waals surface area contributed by atoms with E-state index < -0.39 is 0 Å². The topological polar surface area (TPSA) is 35.5 Å². The van der Waals surface area contributed by atoms with Gasteiger partial charge >= 0.3 is 0 Å². The number of carbonyl (C=O) groups is 1. The SMILES string of the molecule is C=CCOc1ccc(-c2ccc(OC=O)cc2)cc1. The van der Waals surface area contributed by atoms with Crippen LogP contribution in [0.4, 0.5) is 0 Å². The minimum absolute atomic E-state index is 0.417. The van der Waals surface area contributed by atoms with Crippen LogP contribution >= 0.6 is 0 Å². The number of hydrogen-bond donors (Lipinski definition) is 0. The summed E-state index contributed by atoms with van der Waals surface area (Å²) in [5.74, 6) is 1.34. The molecule has 0 heterocycles. The first kappa shape index (κ1) is 12.9. The zero-order valence-corrected chi connectivity index (χ0v) is 10.4. The van der Waals surface area contributed by atoms with Crippen molar-refractivity contribution in [2.45, 2.75) is 0 Å². The van der Waals surface area contributed by atoms with Crippen molar-refractivity contribution in [3.05, 3.63) is 61.2 Å². The predicted octanol–water partition coefficient (Wildman–Crippen LogP) is 3.45. The molecular weight excluding hydrogens is 240 g/mol. The summed E-state index contributed by atoms with van der Waals surface area (Å²) in [6, 6.07) is 15.1. The molecule has 0 bridgehead atoms. The minimum Gasteiger partial charge on any atom is -0.490 e. The third-order valence-corrected chi connectivity index (χ3v) is 2.59. The Hall–Kier alpha value is -2.55. The van der Waals surface area contributed by atoms with Gasteiger partial charge in [-0.05, 0) is 35.4 Å². The molecule has 0 radical (unpaired) electrons. The van der Waals surface area contributed by atoms with Crippen LogP contribution in [0.5, 0.6) is 11.5 Å². The zero-order valence-electron chi connectivity index (χ0n) is 10.4. The zero-order chi connectivity index (χ0) is 13.5. The molecule has 0 spiro atoms. The van der Waals surface area contributed by atoms with E-state index in [2.05, 4.69) is 6.58 Å². The van der Waals surface area contributed by atoms with Gasteiger partial charge in [-0.25, -0.2) is 0 Å². The first-order valence-electron chi connectivity index (χ1n) is 5.88. The van der Waals surface area contributed by atoms with Crippen molar-refractivity contribution in [1.82, 2.24) is 0 Å². The molecule has 3 heteroatoms. The van der Waals surface area contributed by atoms with E-state index in [1.165, 1.54) is 0 Å². The summed E-state index contributed by atoms with van der Waals surface area (Å²) in [5, 5.41) is 0. The molecule has 0 aromatic heterocycles. The number of hydrogen-bond acceptors (Lipinski definition) is 3. The van der Waals surface area contributed by atoms with Crippen LogP contribution in [0.3, 0.4) is 0 Å². The monoisotopic (exact) mass is 254 g/mol. The van der Waals surface area contributed by atoms with Crippen molar-refractivity contribution in [3.8, 4) is 22.6 Å². The van der Waals surface area contributed by atoms with Gasteiger partial charge < -0.3 is 9.47 Å². The van der Waals surface area contributed by atoms with Gasteiger partial charge in [0.15, 0.2) is 0 Å². The highest BCUT2D eigenvalue weighted by molar-refractivity contribution is 5.65. The molecular formula is C16H14O3. The summed E-state index contributed by atoms with van der Waals surface area (Å²) < 4.78 is 10.2. The molecule has 0 N–H and O–H groups in total. The van der Waals surface area contributed by atoms with Gasteiger partial charge in [0.25, 0.3) is 6.47 Å². The molecule has 3 nitrogen and oxygen atoms in total. The maximum atomic E-state index is 10.2. The highest BCUT2D eigenvalue weighted by Crippen LogP contribution is 2.24. The first-order chi connectivity index (χ1) is 9.33. The van der Waals surface area contributed by atoms with Crippen molar-refractivity contribution in [1.29, 1.82) is 0 Å². The van der Waals surface area contributed by atoms with Crippen LogP contribution in [0, 0.1) is 0 Å². The van der Waals surface area contributed by atoms with Gasteiger partial charge in [0.05, 0.1) is 0 Å². The Morgan fingerprint density at radius 1 is 0.895 bits per heavy atom. The number of ether oxygens (including phenoxy) is 2. The molecule has 0 aliphatic heterocycles. The second-order valence-electron chi connectivity index (χ2n) is 3.86. The molecule has 0 amide bonds. The third kappa shape index (κ3) is 3.45. The van der Waals surface area contributed by atoms with Gasteiger partial charge in [-0.1, -0.05) is 36.9 Å². The average molecular weight is 254 g/mol. The van der Waals surface area contributed by atoms with Crippen molar-refractivity contribution in [3.63, 3.8) is 0 Å². The van der Waals surface area contributed by atoms with Crippen LogP contribution in [-0.4, -0.2) is 13.1 Å². The molecule has 0 aliphatic carbocycles. The summed E-state index contributed by atoms with van der Waals surface area (Å²) in [6.45, 7) is 4.52. The van der Waals surface area contributed by atoms with E-state index in [-0.39, 0.29) is 0 Å². The smallest absolute Gasteiger partial charge is 0.298 e. The van der Waals surface area contributed by atoms with E-state index in [1.807, 2.05) is 36.4 Å². The highest BCUT2D eigenvalue weighted by Gasteiger charge is 1.99. The van der Waals surface area contributed by atoms with Crippen molar-refractivity contribution >= 4 is 6.47 Å². The van der Waals surface area contributed by atoms with E-state index in [1.54, 1.807) is 18.2 Å². The predicted molar refractivity (Wildman–Crippen MR) is 74.3 cm³/mol. The van der Waals surface area contributed by atoms with Crippen molar-refractivity contribution in [2.24, 2.45) is 0 Å². The van der Waals surface area contributed by atoms with Crippen LogP contribution in [0.2, 0.25) is 0 Å². The molecule has 19 heavy (non-hydrogen) atoms. The molecule has 0 fully saturated rings. The second kappa shape index (κ2) is 6.40. The lowest BCUT2D eigenvalue weighted by atomic mass is 10.1. The summed E-state index contributed by atoms with van der Waals surface area (Å²) in [4.78, 5) is 10.2. The van der Waals surface area contributed by atoms with Gasteiger partial charge in [-0.3, -0.25) is 4.79 Å². The molecule has 0 unspecified atom stereocenters. The summed E-state index contributed by atoms with van der Waals surface area (Å²) in [7, 11) is 0. The average Bonchev–Trinajstić information content (AvgIpc) is 2.47. The maximum Gasteiger partial charge on any atom is 0.298 e. The first-order valence-corrected chi connectivity index (χ1v) is 5.88. The fraction of sp³-hybridized carbons (Fsp3) is 0.0625. The van der Waals surface area contributed by atoms with Crippen LogP contribution < -0.4 is 9.47 Å². The summed E-state index contributed by atoms with van der Waals surface area (Å²) >= 11 is 0. The highest BCUT2D eigenvalue weighted by atomic mass is 16.5. The fourth-order valence-corrected chi connectivity index (χ4v) is 1.68. The second-order valence-corrected chi connectivity index (χ2v) is 3.86. The van der Waals surface area contributed by atoms with E-state index in [4.69, 9.17) is 9.47 Å². The molecule has 0 atom stereocenters. The van der Waals surface area contributed by atoms with Crippen LogP contribution in [0.25, 0.3) is 11.1 Å². The van der Waals surface area contributed by atoms with Crippen molar-refractivity contribution in [2.75, 3.05) is 6.61 Å². The van der Waals surface area contributed by atoms with Gasteiger partial charge in [0.2, 0.25) is 0 Å². The number of rotatable bonds is 6. The molecule has 2 aromatic rings. The van der Waals surface area contributed by atoms with E-state index in [0.29, 0.717) is 18.8 Å². The summed E-state index contributed by atoms with van der Waals surface area (Å²) in [5.41, 5.74) is 2.12. The molecule has 2 rings (SSSR count). The Morgan fingerprint density at radius 3 is 1.89 bits per heavy atom. The number of carbonyl (C=O) groups excluding carboxylic acids is 1. The molecule has 0 saturated heterocycles. The van der Waals surface area contributed by atoms with Crippen LogP contribution in [-0.2, 0) is 4.79 Å². The van der Waals surface area contributed by atoms with Crippen LogP contribution in [0.15, 0.2) is 61.2 Å². The van der Waals surface area contributed by atoms with Crippen LogP contribution in [0.1, 0.15) is 0 Å². The van der Waals surface area contributed by atoms with Gasteiger partial charge in [-0.2, -0.15) is 0 Å². The third-order valence-electron chi connectivity index (χ3n) is 2.59. The maximum absolute atomic E-state index is 10.2. The Balaban J connectivity index is 2.12. The Morgan fingerprint density at radius 2 is 1.42 bits per heavy atom. The largest absolute Gasteiger partial charge is 0.490 e. The van der Waals surface area contributed by atoms with Gasteiger partial charge in [0.1, 0.15) is 18.1 Å². The van der Waals surface area contributed by atoms with E-state index in [0.717, 1.165) is 16.9 Å². The van der Waals surface area contributed by atoms with Crippen molar-refractivity contribution < 1.29 is 14.3 Å². The lowest BCUT2D eigenvalue weighted by Crippen LogP contribution is -1.92. The molecule has 0 aliphatic rings. The standard InChI is InChI=1S/C16H14O3/c1-2-11-18-15-7-3-13(4-8-15)14-5-9-16(10-6-14)19-12-17/h2-10,12H,1,11H2. The fourth-order valence-electron chi connectivity index (χ4n) is 1.68. The molecule has 0 saturated carbocycles. The Kier molecular flexibility index (Phi) is 4.34. The molecule has 96 valence electrons. The Bertz CT molecular complexity index is 541. The summed E-state index contributed by atoms with van der Waals surface area (Å²) in [6.07, 6.45) is 1.71. The molecule has 2 aromatic carbocycles. The van der Waals surface area contributed by atoms with E-state index >= 15 is 0 Å². The van der Waals surface area contributed by atoms with Gasteiger partial charge in [0, 0.05) is 0 Å². The normalized spacial score (nSPS) is 9.68. The lowest BCUT2D eigenvalue weighted by molar-refractivity contribution is -0.120. The van der Waals surface area contributed by atoms with E-state index in [9.17, 15) is 4.79 Å². The number of benzene rings is 2. The quantitative estimate of drug-likeness (QED) is 0.585. The van der Waals surface area contributed by atoms with Gasteiger partial charge in [-0.15, -0.1) is 0 Å². The lowest BCUT2D eigenvalue weighted by Gasteiger charge is -2.06.